The minimum absolute atomic E-state index is 0.341. The Balaban J connectivity index is 1.85. The average Bonchev–Trinajstić information content (AvgIpc) is 2.82. The number of hydrogen-bond donors (Lipinski definition) is 1. The fourth-order valence-corrected chi connectivity index (χ4v) is 5.33. The molecule has 1 aliphatic heterocycles. The fourth-order valence-electron chi connectivity index (χ4n) is 5.33. The van der Waals surface area contributed by atoms with Crippen LogP contribution in [-0.4, -0.2) is 26.8 Å². The van der Waals surface area contributed by atoms with E-state index in [9.17, 15) is 0 Å². The van der Waals surface area contributed by atoms with Gasteiger partial charge in [-0.3, -0.25) is 0 Å². The Morgan fingerprint density at radius 3 is 3.00 bits per heavy atom. The van der Waals surface area contributed by atoms with Crippen LogP contribution < -0.4 is 14.8 Å². The standard InChI is InChI=1S/C19H27NO2/c1-19(11-20-2)9-12-5-4-6-14-16(12)17-13(10-19)7-8-15(21-3)18(17)22-14/h7-8,12,14,16,20H,4-6,9-11H2,1-3H3/t12?,14-,16?,19?/m1/s1. The van der Waals surface area contributed by atoms with Gasteiger partial charge in [0.15, 0.2) is 11.5 Å². The molecule has 120 valence electrons. The highest BCUT2D eigenvalue weighted by molar-refractivity contribution is 5.56. The Bertz CT molecular complexity index is 585. The van der Waals surface area contributed by atoms with Crippen molar-refractivity contribution in [2.75, 3.05) is 20.7 Å². The van der Waals surface area contributed by atoms with Gasteiger partial charge in [-0.2, -0.15) is 0 Å². The summed E-state index contributed by atoms with van der Waals surface area (Å²) in [5.41, 5.74) is 3.31. The fraction of sp³-hybridized carbons (Fsp3) is 0.684. The maximum Gasteiger partial charge on any atom is 0.165 e. The Labute approximate surface area is 133 Å². The van der Waals surface area contributed by atoms with E-state index in [0.29, 0.717) is 17.4 Å². The molecule has 4 atom stereocenters. The van der Waals surface area contributed by atoms with Crippen LogP contribution in [0.1, 0.15) is 49.7 Å². The summed E-state index contributed by atoms with van der Waals surface area (Å²) in [4.78, 5) is 0. The van der Waals surface area contributed by atoms with Crippen molar-refractivity contribution in [3.63, 3.8) is 0 Å². The number of nitrogens with one attached hydrogen (secondary N) is 1. The lowest BCUT2D eigenvalue weighted by Crippen LogP contribution is -2.36. The predicted molar refractivity (Wildman–Crippen MR) is 87.8 cm³/mol. The van der Waals surface area contributed by atoms with Crippen LogP contribution in [-0.2, 0) is 6.42 Å². The van der Waals surface area contributed by atoms with E-state index in [1.165, 1.54) is 36.8 Å². The van der Waals surface area contributed by atoms with Gasteiger partial charge in [0.25, 0.3) is 0 Å². The monoisotopic (exact) mass is 301 g/mol. The topological polar surface area (TPSA) is 30.5 Å². The maximum absolute atomic E-state index is 6.37. The lowest BCUT2D eigenvalue weighted by atomic mass is 9.70. The highest BCUT2D eigenvalue weighted by atomic mass is 16.5. The molecule has 0 bridgehead atoms. The SMILES string of the molecule is CNCC1(C)Cc2ccc(OC)c3c2C2C(CCC[C@H]2O3)C1. The highest BCUT2D eigenvalue weighted by Gasteiger charge is 2.48. The van der Waals surface area contributed by atoms with Crippen molar-refractivity contribution in [2.24, 2.45) is 11.3 Å². The number of methoxy groups -OCH3 is 1. The van der Waals surface area contributed by atoms with Crippen LogP contribution in [0, 0.1) is 11.3 Å². The van der Waals surface area contributed by atoms with Gasteiger partial charge in [-0.05, 0) is 62.1 Å². The number of hydrogen-bond acceptors (Lipinski definition) is 3. The summed E-state index contributed by atoms with van der Waals surface area (Å²) in [5.74, 6) is 3.32. The second-order valence-electron chi connectivity index (χ2n) is 7.76. The van der Waals surface area contributed by atoms with E-state index in [0.717, 1.165) is 30.4 Å². The van der Waals surface area contributed by atoms with Gasteiger partial charge in [0.2, 0.25) is 0 Å². The highest BCUT2D eigenvalue weighted by Crippen LogP contribution is 2.57. The van der Waals surface area contributed by atoms with Gasteiger partial charge in [0.1, 0.15) is 6.10 Å². The molecule has 1 saturated carbocycles. The van der Waals surface area contributed by atoms with Gasteiger partial charge in [-0.1, -0.05) is 13.0 Å². The van der Waals surface area contributed by atoms with Crippen LogP contribution >= 0.6 is 0 Å². The Morgan fingerprint density at radius 1 is 1.36 bits per heavy atom. The molecule has 1 aromatic carbocycles. The molecule has 0 amide bonds. The van der Waals surface area contributed by atoms with Crippen LogP contribution in [0.3, 0.4) is 0 Å². The zero-order chi connectivity index (χ0) is 15.3. The molecule has 3 unspecified atom stereocenters. The molecule has 0 spiro atoms. The second-order valence-corrected chi connectivity index (χ2v) is 7.76. The minimum atomic E-state index is 0.341. The third-order valence-corrected chi connectivity index (χ3v) is 6.02. The van der Waals surface area contributed by atoms with Crippen molar-refractivity contribution in [2.45, 2.75) is 51.0 Å². The predicted octanol–water partition coefficient (Wildman–Crippen LogP) is 3.51. The van der Waals surface area contributed by atoms with Crippen molar-refractivity contribution >= 4 is 0 Å². The summed E-state index contributed by atoms with van der Waals surface area (Å²) < 4.78 is 11.9. The van der Waals surface area contributed by atoms with Crippen LogP contribution in [0.15, 0.2) is 12.1 Å². The van der Waals surface area contributed by atoms with Gasteiger partial charge in [-0.15, -0.1) is 0 Å². The first-order valence-corrected chi connectivity index (χ1v) is 8.66. The largest absolute Gasteiger partial charge is 0.493 e. The molecule has 3 heteroatoms. The van der Waals surface area contributed by atoms with Gasteiger partial charge in [0.05, 0.1) is 7.11 Å². The molecule has 0 radical (unpaired) electrons. The third kappa shape index (κ3) is 2.05. The number of rotatable bonds is 3. The van der Waals surface area contributed by atoms with Gasteiger partial charge in [-0.25, -0.2) is 0 Å². The normalized spacial score (nSPS) is 35.5. The van der Waals surface area contributed by atoms with Crippen molar-refractivity contribution < 1.29 is 9.47 Å². The first-order chi connectivity index (χ1) is 10.6. The third-order valence-electron chi connectivity index (χ3n) is 6.02. The quantitative estimate of drug-likeness (QED) is 0.926. The molecule has 0 aromatic heterocycles. The summed E-state index contributed by atoms with van der Waals surface area (Å²) in [6.45, 7) is 3.54. The molecule has 22 heavy (non-hydrogen) atoms. The van der Waals surface area contributed by atoms with E-state index >= 15 is 0 Å². The molecule has 3 aliphatic rings. The number of ether oxygens (including phenoxy) is 2. The van der Waals surface area contributed by atoms with E-state index < -0.39 is 0 Å². The smallest absolute Gasteiger partial charge is 0.165 e. The molecular formula is C19H27NO2. The minimum Gasteiger partial charge on any atom is -0.493 e. The van der Waals surface area contributed by atoms with Gasteiger partial charge in [0, 0.05) is 18.0 Å². The summed E-state index contributed by atoms with van der Waals surface area (Å²) in [6, 6.07) is 4.39. The summed E-state index contributed by atoms with van der Waals surface area (Å²) >= 11 is 0. The second kappa shape index (κ2) is 5.16. The van der Waals surface area contributed by atoms with E-state index in [1.54, 1.807) is 7.11 Å². The summed E-state index contributed by atoms with van der Waals surface area (Å²) in [7, 11) is 3.83. The Hall–Kier alpha value is -1.22. The van der Waals surface area contributed by atoms with Gasteiger partial charge >= 0.3 is 0 Å². The maximum atomic E-state index is 6.37. The zero-order valence-corrected chi connectivity index (χ0v) is 13.9. The van der Waals surface area contributed by atoms with Crippen molar-refractivity contribution in [3.8, 4) is 11.5 Å². The summed E-state index contributed by atoms with van der Waals surface area (Å²) in [6.07, 6.45) is 6.66. The van der Waals surface area contributed by atoms with Gasteiger partial charge < -0.3 is 14.8 Å². The molecule has 2 aliphatic carbocycles. The first-order valence-electron chi connectivity index (χ1n) is 8.66. The van der Waals surface area contributed by atoms with Crippen LogP contribution in [0.4, 0.5) is 0 Å². The lowest BCUT2D eigenvalue weighted by molar-refractivity contribution is 0.0997. The molecular weight excluding hydrogens is 274 g/mol. The molecule has 1 fully saturated rings. The zero-order valence-electron chi connectivity index (χ0n) is 13.9. The summed E-state index contributed by atoms with van der Waals surface area (Å²) in [5, 5.41) is 3.42. The Morgan fingerprint density at radius 2 is 2.23 bits per heavy atom. The van der Waals surface area contributed by atoms with Crippen LogP contribution in [0.25, 0.3) is 0 Å². The molecule has 1 N–H and O–H groups in total. The van der Waals surface area contributed by atoms with E-state index in [-0.39, 0.29) is 0 Å². The van der Waals surface area contributed by atoms with E-state index in [2.05, 4.69) is 31.4 Å². The van der Waals surface area contributed by atoms with E-state index in [1.807, 2.05) is 0 Å². The van der Waals surface area contributed by atoms with Crippen molar-refractivity contribution in [3.05, 3.63) is 23.3 Å². The van der Waals surface area contributed by atoms with Crippen molar-refractivity contribution in [1.29, 1.82) is 0 Å². The molecule has 0 saturated heterocycles. The van der Waals surface area contributed by atoms with E-state index in [4.69, 9.17) is 9.47 Å². The van der Waals surface area contributed by atoms with Crippen LogP contribution in [0.5, 0.6) is 11.5 Å². The van der Waals surface area contributed by atoms with Crippen molar-refractivity contribution in [1.82, 2.24) is 5.32 Å². The average molecular weight is 301 g/mol. The lowest BCUT2D eigenvalue weighted by Gasteiger charge is -2.37. The number of benzene rings is 1. The molecule has 4 rings (SSSR count). The molecule has 1 aromatic rings. The van der Waals surface area contributed by atoms with Crippen LogP contribution in [0.2, 0.25) is 0 Å². The molecule has 3 nitrogen and oxygen atoms in total. The Kier molecular flexibility index (Phi) is 3.37. The molecule has 1 heterocycles. The first kappa shape index (κ1) is 14.4.